The predicted molar refractivity (Wildman–Crippen MR) is 84.6 cm³/mol. The van der Waals surface area contributed by atoms with Gasteiger partial charge in [-0.25, -0.2) is 0 Å². The van der Waals surface area contributed by atoms with E-state index in [4.69, 9.17) is 0 Å². The molecular formula is C14H7N3S3. The standard InChI is InChI=1S/C14H7N3S3/c1-2-18-13-7(1)3-8-4-11(19-14(8)13)9-5-15-6-10-12(9)17-20-16-10/h1-2,4-6H,3H2. The molecule has 0 unspecified atom stereocenters. The molecule has 0 bridgehead atoms. The fourth-order valence-electron chi connectivity index (χ4n) is 2.66. The summed E-state index contributed by atoms with van der Waals surface area (Å²) in [6, 6.07) is 4.53. The minimum atomic E-state index is 0.887. The minimum absolute atomic E-state index is 0.887. The van der Waals surface area contributed by atoms with Gasteiger partial charge in [-0.05, 0) is 28.6 Å². The first-order chi connectivity index (χ1) is 9.90. The summed E-state index contributed by atoms with van der Waals surface area (Å²) in [5.74, 6) is 0. The van der Waals surface area contributed by atoms with Crippen LogP contribution in [-0.4, -0.2) is 13.7 Å². The van der Waals surface area contributed by atoms with Gasteiger partial charge >= 0.3 is 0 Å². The summed E-state index contributed by atoms with van der Waals surface area (Å²) in [4.78, 5) is 8.40. The van der Waals surface area contributed by atoms with Crippen molar-refractivity contribution in [2.24, 2.45) is 0 Å². The third-order valence-corrected chi connectivity index (χ3v) is 6.45. The second kappa shape index (κ2) is 3.94. The molecule has 4 aromatic rings. The summed E-state index contributed by atoms with van der Waals surface area (Å²) in [7, 11) is 0. The zero-order chi connectivity index (χ0) is 13.1. The average molecular weight is 313 g/mol. The van der Waals surface area contributed by atoms with Crippen LogP contribution in [0.5, 0.6) is 0 Å². The Kier molecular flexibility index (Phi) is 2.18. The van der Waals surface area contributed by atoms with Crippen LogP contribution in [0.25, 0.3) is 31.2 Å². The number of fused-ring (bicyclic) bond motifs is 4. The number of thiophene rings is 2. The Bertz CT molecular complexity index is 948. The number of pyridine rings is 1. The Morgan fingerprint density at radius 1 is 1.05 bits per heavy atom. The normalized spacial score (nSPS) is 12.8. The van der Waals surface area contributed by atoms with Crippen molar-refractivity contribution in [2.75, 3.05) is 0 Å². The molecule has 1 aliphatic rings. The van der Waals surface area contributed by atoms with E-state index in [1.165, 1.54) is 37.5 Å². The lowest BCUT2D eigenvalue weighted by Gasteiger charge is -1.97. The summed E-state index contributed by atoms with van der Waals surface area (Å²) in [6.45, 7) is 0. The molecule has 0 aliphatic heterocycles. The third-order valence-electron chi connectivity index (χ3n) is 3.58. The van der Waals surface area contributed by atoms with Crippen LogP contribution in [0.4, 0.5) is 0 Å². The zero-order valence-corrected chi connectivity index (χ0v) is 12.6. The molecule has 0 atom stereocenters. The lowest BCUT2D eigenvalue weighted by atomic mass is 10.1. The average Bonchev–Trinajstić information content (AvgIpc) is 3.18. The van der Waals surface area contributed by atoms with Crippen molar-refractivity contribution in [3.8, 4) is 20.2 Å². The van der Waals surface area contributed by atoms with Crippen LogP contribution >= 0.6 is 34.4 Å². The number of aromatic nitrogens is 3. The molecule has 3 nitrogen and oxygen atoms in total. The van der Waals surface area contributed by atoms with E-state index in [9.17, 15) is 0 Å². The van der Waals surface area contributed by atoms with E-state index < -0.39 is 0 Å². The quantitative estimate of drug-likeness (QED) is 0.459. The predicted octanol–water partition coefficient (Wildman–Crippen LogP) is 4.45. The first kappa shape index (κ1) is 11.1. The van der Waals surface area contributed by atoms with E-state index in [1.807, 2.05) is 28.9 Å². The molecule has 5 rings (SSSR count). The SMILES string of the molecule is c1cc2c(s1)-c1sc(-c3cncc4nsnc34)cc1C2. The smallest absolute Gasteiger partial charge is 0.123 e. The first-order valence-corrected chi connectivity index (χ1v) is 8.59. The Morgan fingerprint density at radius 2 is 2.05 bits per heavy atom. The maximum atomic E-state index is 4.41. The lowest BCUT2D eigenvalue weighted by Crippen LogP contribution is -1.81. The van der Waals surface area contributed by atoms with Crippen molar-refractivity contribution >= 4 is 45.4 Å². The van der Waals surface area contributed by atoms with E-state index >= 15 is 0 Å². The van der Waals surface area contributed by atoms with E-state index in [0.29, 0.717) is 0 Å². The monoisotopic (exact) mass is 313 g/mol. The third kappa shape index (κ3) is 1.41. The second-order valence-corrected chi connectivity index (χ2v) is 7.23. The fraction of sp³-hybridized carbons (Fsp3) is 0.0714. The Morgan fingerprint density at radius 3 is 3.05 bits per heavy atom. The van der Waals surface area contributed by atoms with Crippen LogP contribution in [0.3, 0.4) is 0 Å². The highest BCUT2D eigenvalue weighted by Crippen LogP contribution is 2.48. The summed E-state index contributed by atoms with van der Waals surface area (Å²) < 4.78 is 8.68. The maximum Gasteiger partial charge on any atom is 0.123 e. The largest absolute Gasteiger partial charge is 0.262 e. The highest BCUT2D eigenvalue weighted by molar-refractivity contribution is 7.23. The minimum Gasteiger partial charge on any atom is -0.262 e. The molecular weight excluding hydrogens is 306 g/mol. The van der Waals surface area contributed by atoms with Gasteiger partial charge in [-0.2, -0.15) is 8.75 Å². The van der Waals surface area contributed by atoms with Crippen molar-refractivity contribution in [2.45, 2.75) is 6.42 Å². The van der Waals surface area contributed by atoms with Gasteiger partial charge in [-0.3, -0.25) is 4.98 Å². The van der Waals surface area contributed by atoms with E-state index in [2.05, 4.69) is 31.2 Å². The molecule has 20 heavy (non-hydrogen) atoms. The molecule has 4 heterocycles. The van der Waals surface area contributed by atoms with Gasteiger partial charge in [0.1, 0.15) is 11.0 Å². The second-order valence-electron chi connectivity index (χ2n) is 4.74. The number of nitrogens with zero attached hydrogens (tertiary/aromatic N) is 3. The molecule has 0 amide bonds. The molecule has 0 spiro atoms. The molecule has 4 aromatic heterocycles. The van der Waals surface area contributed by atoms with E-state index in [1.54, 1.807) is 6.20 Å². The van der Waals surface area contributed by atoms with Crippen LogP contribution in [0.1, 0.15) is 11.1 Å². The maximum absolute atomic E-state index is 4.41. The van der Waals surface area contributed by atoms with Crippen molar-refractivity contribution in [3.63, 3.8) is 0 Å². The molecule has 0 radical (unpaired) electrons. The first-order valence-electron chi connectivity index (χ1n) is 6.16. The fourth-order valence-corrected chi connectivity index (χ4v) is 5.53. The van der Waals surface area contributed by atoms with Crippen molar-refractivity contribution < 1.29 is 0 Å². The van der Waals surface area contributed by atoms with Gasteiger partial charge < -0.3 is 0 Å². The number of rotatable bonds is 1. The lowest BCUT2D eigenvalue weighted by molar-refractivity contribution is 1.28. The van der Waals surface area contributed by atoms with Crippen LogP contribution in [0, 0.1) is 0 Å². The van der Waals surface area contributed by atoms with Crippen molar-refractivity contribution in [1.82, 2.24) is 13.7 Å². The summed E-state index contributed by atoms with van der Waals surface area (Å²) in [5.41, 5.74) is 5.87. The van der Waals surface area contributed by atoms with Gasteiger partial charge in [0.2, 0.25) is 0 Å². The zero-order valence-electron chi connectivity index (χ0n) is 10.2. The molecule has 0 aromatic carbocycles. The van der Waals surface area contributed by atoms with Crippen LogP contribution < -0.4 is 0 Å². The van der Waals surface area contributed by atoms with Gasteiger partial charge in [-0.1, -0.05) is 0 Å². The van der Waals surface area contributed by atoms with Gasteiger partial charge in [0.15, 0.2) is 0 Å². The van der Waals surface area contributed by atoms with Gasteiger partial charge in [0, 0.05) is 32.8 Å². The van der Waals surface area contributed by atoms with Crippen LogP contribution in [0.2, 0.25) is 0 Å². The Hall–Kier alpha value is -1.63. The Labute approximate surface area is 126 Å². The Balaban J connectivity index is 1.75. The topological polar surface area (TPSA) is 38.7 Å². The number of hydrogen-bond donors (Lipinski definition) is 0. The van der Waals surface area contributed by atoms with Crippen LogP contribution in [0.15, 0.2) is 29.9 Å². The van der Waals surface area contributed by atoms with E-state index in [-0.39, 0.29) is 0 Å². The van der Waals surface area contributed by atoms with Gasteiger partial charge in [0.05, 0.1) is 17.9 Å². The van der Waals surface area contributed by atoms with Crippen molar-refractivity contribution in [3.05, 3.63) is 41.0 Å². The highest BCUT2D eigenvalue weighted by atomic mass is 32.1. The summed E-state index contributed by atoms with van der Waals surface area (Å²) >= 11 is 4.93. The van der Waals surface area contributed by atoms with Gasteiger partial charge in [0.25, 0.3) is 0 Å². The summed E-state index contributed by atoms with van der Waals surface area (Å²) in [5, 5.41) is 2.18. The summed E-state index contributed by atoms with van der Waals surface area (Å²) in [6.07, 6.45) is 4.74. The van der Waals surface area contributed by atoms with Gasteiger partial charge in [-0.15, -0.1) is 22.7 Å². The number of hydrogen-bond acceptors (Lipinski definition) is 6. The molecule has 0 fully saturated rings. The van der Waals surface area contributed by atoms with Crippen LogP contribution in [-0.2, 0) is 6.42 Å². The molecule has 0 N–H and O–H groups in total. The molecule has 0 saturated carbocycles. The highest BCUT2D eigenvalue weighted by Gasteiger charge is 2.24. The van der Waals surface area contributed by atoms with E-state index in [0.717, 1.165) is 23.0 Å². The molecule has 96 valence electrons. The molecule has 0 saturated heterocycles. The molecule has 1 aliphatic carbocycles. The van der Waals surface area contributed by atoms with Crippen molar-refractivity contribution in [1.29, 1.82) is 0 Å². The molecule has 6 heteroatoms.